The van der Waals surface area contributed by atoms with Crippen molar-refractivity contribution in [3.05, 3.63) is 60.7 Å². The molecule has 0 aliphatic rings. The molecule has 4 rings (SSSR count). The number of benzene rings is 2. The van der Waals surface area contributed by atoms with Crippen LogP contribution < -0.4 is 5.73 Å². The monoisotopic (exact) mass is 304 g/mol. The van der Waals surface area contributed by atoms with E-state index in [1.807, 2.05) is 60.7 Å². The molecular weight excluding hydrogens is 292 g/mol. The highest BCUT2D eigenvalue weighted by Crippen LogP contribution is 2.27. The van der Waals surface area contributed by atoms with E-state index in [4.69, 9.17) is 10.2 Å². The van der Waals surface area contributed by atoms with E-state index < -0.39 is 0 Å². The Balaban J connectivity index is 1.73. The number of anilines is 1. The standard InChI is InChI=1S/C16H12N6O/c17-14-13(18-21-22(14)12-9-5-2-6-10-12)16-20-19-15(23-16)11-7-3-1-4-8-11/h1-10H,17H2. The van der Waals surface area contributed by atoms with Gasteiger partial charge in [0.15, 0.2) is 11.5 Å². The third-order valence-corrected chi connectivity index (χ3v) is 3.35. The number of hydrogen-bond acceptors (Lipinski definition) is 6. The average molecular weight is 304 g/mol. The SMILES string of the molecule is Nc1c(-c2nnc(-c3ccccc3)o2)nnn1-c1ccccc1. The molecule has 2 N–H and O–H groups in total. The van der Waals surface area contributed by atoms with Crippen molar-refractivity contribution in [1.29, 1.82) is 0 Å². The van der Waals surface area contributed by atoms with Gasteiger partial charge in [-0.15, -0.1) is 15.3 Å². The van der Waals surface area contributed by atoms with E-state index in [1.54, 1.807) is 0 Å². The summed E-state index contributed by atoms with van der Waals surface area (Å²) in [5, 5.41) is 16.2. The molecule has 2 heterocycles. The van der Waals surface area contributed by atoms with Crippen molar-refractivity contribution in [3.8, 4) is 28.7 Å². The van der Waals surface area contributed by atoms with E-state index in [2.05, 4.69) is 20.5 Å². The third-order valence-electron chi connectivity index (χ3n) is 3.35. The summed E-state index contributed by atoms with van der Waals surface area (Å²) >= 11 is 0. The van der Waals surface area contributed by atoms with Crippen molar-refractivity contribution in [1.82, 2.24) is 25.2 Å². The van der Waals surface area contributed by atoms with E-state index in [0.717, 1.165) is 11.3 Å². The lowest BCUT2D eigenvalue weighted by atomic mass is 10.2. The van der Waals surface area contributed by atoms with Gasteiger partial charge in [-0.1, -0.05) is 41.6 Å². The van der Waals surface area contributed by atoms with Gasteiger partial charge in [0.05, 0.1) is 5.69 Å². The molecule has 2 aromatic heterocycles. The summed E-state index contributed by atoms with van der Waals surface area (Å²) in [6.45, 7) is 0. The van der Waals surface area contributed by atoms with Crippen LogP contribution in [0.5, 0.6) is 0 Å². The van der Waals surface area contributed by atoms with E-state index in [0.29, 0.717) is 17.4 Å². The minimum absolute atomic E-state index is 0.239. The van der Waals surface area contributed by atoms with Crippen LogP contribution in [0, 0.1) is 0 Å². The highest BCUT2D eigenvalue weighted by Gasteiger charge is 2.19. The van der Waals surface area contributed by atoms with Gasteiger partial charge in [-0.2, -0.15) is 4.68 Å². The molecule has 7 heteroatoms. The Kier molecular flexibility index (Phi) is 3.09. The molecule has 4 aromatic rings. The van der Waals surface area contributed by atoms with Crippen molar-refractivity contribution in [2.75, 3.05) is 5.73 Å². The fourth-order valence-electron chi connectivity index (χ4n) is 2.22. The van der Waals surface area contributed by atoms with Gasteiger partial charge in [0, 0.05) is 5.56 Å². The quantitative estimate of drug-likeness (QED) is 0.625. The second kappa shape index (κ2) is 5.38. The van der Waals surface area contributed by atoms with Gasteiger partial charge >= 0.3 is 0 Å². The molecule has 0 radical (unpaired) electrons. The number of nitrogen functional groups attached to an aromatic ring is 1. The van der Waals surface area contributed by atoms with Crippen molar-refractivity contribution in [3.63, 3.8) is 0 Å². The largest absolute Gasteiger partial charge is 0.414 e. The molecule has 0 fully saturated rings. The zero-order chi connectivity index (χ0) is 15.6. The first-order valence-electron chi connectivity index (χ1n) is 6.99. The van der Waals surface area contributed by atoms with Gasteiger partial charge in [0.2, 0.25) is 5.89 Å². The summed E-state index contributed by atoms with van der Waals surface area (Å²) in [7, 11) is 0. The Bertz CT molecular complexity index is 930. The van der Waals surface area contributed by atoms with E-state index in [9.17, 15) is 0 Å². The van der Waals surface area contributed by atoms with Crippen LogP contribution in [0.3, 0.4) is 0 Å². The van der Waals surface area contributed by atoms with Crippen LogP contribution in [0.1, 0.15) is 0 Å². The molecule has 7 nitrogen and oxygen atoms in total. The summed E-state index contributed by atoms with van der Waals surface area (Å²) in [4.78, 5) is 0. The summed E-state index contributed by atoms with van der Waals surface area (Å²) in [5.74, 6) is 0.997. The zero-order valence-corrected chi connectivity index (χ0v) is 12.0. The fraction of sp³-hybridized carbons (Fsp3) is 0. The third kappa shape index (κ3) is 2.34. The van der Waals surface area contributed by atoms with Gasteiger partial charge in [-0.05, 0) is 24.3 Å². The van der Waals surface area contributed by atoms with Crippen molar-refractivity contribution in [2.45, 2.75) is 0 Å². The van der Waals surface area contributed by atoms with Crippen molar-refractivity contribution < 1.29 is 4.42 Å². The van der Waals surface area contributed by atoms with E-state index in [-0.39, 0.29) is 5.89 Å². The fourth-order valence-corrected chi connectivity index (χ4v) is 2.22. The minimum Gasteiger partial charge on any atom is -0.414 e. The number of aromatic nitrogens is 5. The number of hydrogen-bond donors (Lipinski definition) is 1. The summed E-state index contributed by atoms with van der Waals surface area (Å²) in [5.41, 5.74) is 8.14. The molecular formula is C16H12N6O. The average Bonchev–Trinajstić information content (AvgIpc) is 3.23. The van der Waals surface area contributed by atoms with Crippen molar-refractivity contribution in [2.24, 2.45) is 0 Å². The number of nitrogens with zero attached hydrogens (tertiary/aromatic N) is 5. The van der Waals surface area contributed by atoms with Crippen LogP contribution in [0.25, 0.3) is 28.7 Å². The molecule has 0 saturated heterocycles. The van der Waals surface area contributed by atoms with Crippen LogP contribution >= 0.6 is 0 Å². The first kappa shape index (κ1) is 13.2. The molecule has 0 saturated carbocycles. The van der Waals surface area contributed by atoms with Crippen LogP contribution in [0.4, 0.5) is 5.82 Å². The molecule has 2 aromatic carbocycles. The Morgan fingerprint density at radius 2 is 1.43 bits per heavy atom. The highest BCUT2D eigenvalue weighted by atomic mass is 16.4. The zero-order valence-electron chi connectivity index (χ0n) is 12.0. The summed E-state index contributed by atoms with van der Waals surface area (Å²) in [6, 6.07) is 19.0. The number of nitrogens with two attached hydrogens (primary N) is 1. The normalized spacial score (nSPS) is 10.8. The highest BCUT2D eigenvalue weighted by molar-refractivity contribution is 5.65. The Labute approximate surface area is 131 Å². The first-order valence-corrected chi connectivity index (χ1v) is 6.99. The van der Waals surface area contributed by atoms with E-state index in [1.165, 1.54) is 4.68 Å². The van der Waals surface area contributed by atoms with Gasteiger partial charge in [-0.25, -0.2) is 0 Å². The smallest absolute Gasteiger partial charge is 0.272 e. The lowest BCUT2D eigenvalue weighted by Gasteiger charge is -2.01. The minimum atomic E-state index is 0.239. The molecule has 0 spiro atoms. The van der Waals surface area contributed by atoms with Crippen LogP contribution in [-0.2, 0) is 0 Å². The predicted octanol–water partition coefficient (Wildman–Crippen LogP) is 2.57. The second-order valence-corrected chi connectivity index (χ2v) is 4.85. The maximum atomic E-state index is 6.13. The molecule has 0 aliphatic carbocycles. The predicted molar refractivity (Wildman–Crippen MR) is 84.5 cm³/mol. The Morgan fingerprint density at radius 1 is 0.783 bits per heavy atom. The van der Waals surface area contributed by atoms with E-state index >= 15 is 0 Å². The van der Waals surface area contributed by atoms with Crippen LogP contribution in [0.2, 0.25) is 0 Å². The number of para-hydroxylation sites is 1. The maximum Gasteiger partial charge on any atom is 0.272 e. The van der Waals surface area contributed by atoms with Gasteiger partial charge in [0.25, 0.3) is 5.89 Å². The summed E-state index contributed by atoms with van der Waals surface area (Å²) in [6.07, 6.45) is 0. The molecule has 0 atom stereocenters. The lowest BCUT2D eigenvalue weighted by Crippen LogP contribution is -2.01. The summed E-state index contributed by atoms with van der Waals surface area (Å²) < 4.78 is 7.20. The molecule has 0 unspecified atom stereocenters. The Hall–Kier alpha value is -3.48. The topological polar surface area (TPSA) is 95.7 Å². The molecule has 23 heavy (non-hydrogen) atoms. The Morgan fingerprint density at radius 3 is 2.17 bits per heavy atom. The number of rotatable bonds is 3. The maximum absolute atomic E-state index is 6.13. The van der Waals surface area contributed by atoms with Gasteiger partial charge < -0.3 is 10.2 Å². The second-order valence-electron chi connectivity index (χ2n) is 4.85. The van der Waals surface area contributed by atoms with Gasteiger partial charge in [0.1, 0.15) is 0 Å². The molecule has 0 amide bonds. The molecule has 112 valence electrons. The molecule has 0 aliphatic heterocycles. The molecule has 0 bridgehead atoms. The lowest BCUT2D eigenvalue weighted by molar-refractivity contribution is 0.582. The first-order chi connectivity index (χ1) is 11.3. The van der Waals surface area contributed by atoms with Crippen LogP contribution in [-0.4, -0.2) is 25.2 Å². The van der Waals surface area contributed by atoms with Crippen LogP contribution in [0.15, 0.2) is 65.1 Å². The van der Waals surface area contributed by atoms with Crippen molar-refractivity contribution >= 4 is 5.82 Å². The van der Waals surface area contributed by atoms with Gasteiger partial charge in [-0.3, -0.25) is 0 Å².